The first kappa shape index (κ1) is 14.8. The van der Waals surface area contributed by atoms with Crippen LogP contribution in [0.15, 0.2) is 22.7 Å². The highest BCUT2D eigenvalue weighted by Gasteiger charge is 2.18. The molecular formula is C11H13BrCl2N2O. The van der Waals surface area contributed by atoms with Gasteiger partial charge in [0.1, 0.15) is 0 Å². The van der Waals surface area contributed by atoms with E-state index < -0.39 is 0 Å². The third kappa shape index (κ3) is 3.85. The topological polar surface area (TPSA) is 41.1 Å². The maximum Gasteiger partial charge on any atom is 0.252 e. The van der Waals surface area contributed by atoms with Crippen LogP contribution < -0.4 is 10.6 Å². The lowest BCUT2D eigenvalue weighted by Gasteiger charge is -2.12. The van der Waals surface area contributed by atoms with E-state index in [1.54, 1.807) is 18.2 Å². The van der Waals surface area contributed by atoms with Gasteiger partial charge < -0.3 is 10.6 Å². The minimum absolute atomic E-state index is 0. The Morgan fingerprint density at radius 2 is 2.29 bits per heavy atom. The molecule has 1 aromatic rings. The van der Waals surface area contributed by atoms with Gasteiger partial charge in [0.25, 0.3) is 5.91 Å². The van der Waals surface area contributed by atoms with Crippen LogP contribution in [0.25, 0.3) is 0 Å². The monoisotopic (exact) mass is 338 g/mol. The molecule has 3 nitrogen and oxygen atoms in total. The molecule has 17 heavy (non-hydrogen) atoms. The van der Waals surface area contributed by atoms with E-state index in [4.69, 9.17) is 11.6 Å². The predicted octanol–water partition coefficient (Wildman–Crippen LogP) is 2.62. The summed E-state index contributed by atoms with van der Waals surface area (Å²) in [5.41, 5.74) is 0.583. The Hall–Kier alpha value is -0.290. The molecule has 1 aromatic carbocycles. The van der Waals surface area contributed by atoms with E-state index in [1.807, 2.05) is 0 Å². The van der Waals surface area contributed by atoms with Gasteiger partial charge in [-0.05, 0) is 47.1 Å². The Kier molecular flexibility index (Phi) is 5.73. The van der Waals surface area contributed by atoms with Gasteiger partial charge in [0.2, 0.25) is 0 Å². The summed E-state index contributed by atoms with van der Waals surface area (Å²) in [5, 5.41) is 6.74. The van der Waals surface area contributed by atoms with Crippen molar-refractivity contribution in [2.24, 2.45) is 0 Å². The summed E-state index contributed by atoms with van der Waals surface area (Å²) in [6, 6.07) is 5.42. The lowest BCUT2D eigenvalue weighted by molar-refractivity contribution is 0.0939. The number of rotatable bonds is 2. The first-order valence-electron chi connectivity index (χ1n) is 5.13. The smallest absolute Gasteiger partial charge is 0.252 e. The van der Waals surface area contributed by atoms with E-state index in [0.29, 0.717) is 10.6 Å². The van der Waals surface area contributed by atoms with E-state index in [0.717, 1.165) is 24.0 Å². The number of amides is 1. The zero-order valence-corrected chi connectivity index (χ0v) is 12.2. The Morgan fingerprint density at radius 1 is 1.53 bits per heavy atom. The molecular weight excluding hydrogens is 327 g/mol. The standard InChI is InChI=1S/C11H12BrClN2O.ClH/c12-10-2-1-7(13)5-9(10)11(16)15-8-3-4-14-6-8;/h1-2,5,8,14H,3-4,6H2,(H,15,16);1H. The molecule has 2 N–H and O–H groups in total. The largest absolute Gasteiger partial charge is 0.348 e. The zero-order valence-electron chi connectivity index (χ0n) is 9.00. The van der Waals surface area contributed by atoms with Gasteiger partial charge >= 0.3 is 0 Å². The molecule has 2 rings (SSSR count). The molecule has 0 radical (unpaired) electrons. The van der Waals surface area contributed by atoms with Gasteiger partial charge in [0, 0.05) is 22.1 Å². The minimum Gasteiger partial charge on any atom is -0.348 e. The Bertz CT molecular complexity index is 408. The SMILES string of the molecule is Cl.O=C(NC1CCNC1)c1cc(Cl)ccc1Br. The van der Waals surface area contributed by atoms with Crippen LogP contribution in [-0.2, 0) is 0 Å². The summed E-state index contributed by atoms with van der Waals surface area (Å²) in [5.74, 6) is -0.0805. The van der Waals surface area contributed by atoms with Gasteiger partial charge in [-0.1, -0.05) is 11.6 Å². The van der Waals surface area contributed by atoms with Crippen LogP contribution in [0, 0.1) is 0 Å². The molecule has 0 aliphatic carbocycles. The number of hydrogen-bond donors (Lipinski definition) is 2. The minimum atomic E-state index is -0.0805. The van der Waals surface area contributed by atoms with Crippen molar-refractivity contribution < 1.29 is 4.79 Å². The molecule has 1 unspecified atom stereocenters. The number of hydrogen-bond acceptors (Lipinski definition) is 2. The van der Waals surface area contributed by atoms with Crippen LogP contribution in [-0.4, -0.2) is 25.0 Å². The van der Waals surface area contributed by atoms with E-state index in [9.17, 15) is 4.79 Å². The van der Waals surface area contributed by atoms with Crippen LogP contribution >= 0.6 is 39.9 Å². The summed E-state index contributed by atoms with van der Waals surface area (Å²) >= 11 is 9.21. The fourth-order valence-corrected chi connectivity index (χ4v) is 2.31. The molecule has 1 aliphatic heterocycles. The summed E-state index contributed by atoms with van der Waals surface area (Å²) < 4.78 is 0.764. The second kappa shape index (κ2) is 6.59. The van der Waals surface area contributed by atoms with Crippen molar-refractivity contribution in [3.8, 4) is 0 Å². The number of carbonyl (C=O) groups is 1. The van der Waals surface area contributed by atoms with Crippen LogP contribution in [0.4, 0.5) is 0 Å². The van der Waals surface area contributed by atoms with Crippen molar-refractivity contribution in [2.75, 3.05) is 13.1 Å². The molecule has 1 fully saturated rings. The van der Waals surface area contributed by atoms with Gasteiger partial charge in [-0.2, -0.15) is 0 Å². The van der Waals surface area contributed by atoms with E-state index in [1.165, 1.54) is 0 Å². The van der Waals surface area contributed by atoms with Crippen molar-refractivity contribution in [1.29, 1.82) is 0 Å². The van der Waals surface area contributed by atoms with Gasteiger partial charge in [-0.15, -0.1) is 12.4 Å². The normalized spacial score (nSPS) is 18.6. The Morgan fingerprint density at radius 3 is 2.94 bits per heavy atom. The molecule has 94 valence electrons. The second-order valence-electron chi connectivity index (χ2n) is 3.79. The lowest BCUT2D eigenvalue weighted by Crippen LogP contribution is -2.36. The van der Waals surface area contributed by atoms with Crippen molar-refractivity contribution in [2.45, 2.75) is 12.5 Å². The average molecular weight is 340 g/mol. The van der Waals surface area contributed by atoms with Gasteiger partial charge in [0.15, 0.2) is 0 Å². The van der Waals surface area contributed by atoms with Gasteiger partial charge in [-0.25, -0.2) is 0 Å². The molecule has 0 aromatic heterocycles. The van der Waals surface area contributed by atoms with Crippen LogP contribution in [0.3, 0.4) is 0 Å². The van der Waals surface area contributed by atoms with Crippen molar-refractivity contribution in [1.82, 2.24) is 10.6 Å². The molecule has 0 spiro atoms. The van der Waals surface area contributed by atoms with Gasteiger partial charge in [-0.3, -0.25) is 4.79 Å². The predicted molar refractivity (Wildman–Crippen MR) is 75.1 cm³/mol. The average Bonchev–Trinajstić information content (AvgIpc) is 2.74. The first-order valence-corrected chi connectivity index (χ1v) is 6.30. The zero-order chi connectivity index (χ0) is 11.5. The van der Waals surface area contributed by atoms with Crippen LogP contribution in [0.1, 0.15) is 16.8 Å². The van der Waals surface area contributed by atoms with Crippen molar-refractivity contribution in [3.05, 3.63) is 33.3 Å². The fraction of sp³-hybridized carbons (Fsp3) is 0.364. The third-order valence-corrected chi connectivity index (χ3v) is 3.50. The molecule has 6 heteroatoms. The molecule has 1 saturated heterocycles. The highest BCUT2D eigenvalue weighted by Crippen LogP contribution is 2.21. The van der Waals surface area contributed by atoms with E-state index in [-0.39, 0.29) is 24.4 Å². The second-order valence-corrected chi connectivity index (χ2v) is 5.08. The summed E-state index contributed by atoms with van der Waals surface area (Å²) in [7, 11) is 0. The number of benzene rings is 1. The molecule has 0 saturated carbocycles. The third-order valence-electron chi connectivity index (χ3n) is 2.57. The highest BCUT2D eigenvalue weighted by molar-refractivity contribution is 9.10. The molecule has 1 atom stereocenters. The Labute approximate surface area is 120 Å². The first-order chi connectivity index (χ1) is 7.66. The van der Waals surface area contributed by atoms with Crippen LogP contribution in [0.2, 0.25) is 5.02 Å². The number of carbonyl (C=O) groups excluding carboxylic acids is 1. The van der Waals surface area contributed by atoms with E-state index in [2.05, 4.69) is 26.6 Å². The van der Waals surface area contributed by atoms with Crippen LogP contribution in [0.5, 0.6) is 0 Å². The maximum atomic E-state index is 11.9. The quantitative estimate of drug-likeness (QED) is 0.869. The maximum absolute atomic E-state index is 11.9. The molecule has 1 heterocycles. The van der Waals surface area contributed by atoms with Crippen molar-refractivity contribution in [3.63, 3.8) is 0 Å². The molecule has 1 amide bonds. The number of halogens is 3. The summed E-state index contributed by atoms with van der Waals surface area (Å²) in [6.45, 7) is 1.80. The Balaban J connectivity index is 0.00000144. The van der Waals surface area contributed by atoms with Gasteiger partial charge in [0.05, 0.1) is 5.56 Å². The lowest BCUT2D eigenvalue weighted by atomic mass is 10.2. The fourth-order valence-electron chi connectivity index (χ4n) is 1.71. The highest BCUT2D eigenvalue weighted by atomic mass is 79.9. The van der Waals surface area contributed by atoms with Crippen molar-refractivity contribution >= 4 is 45.8 Å². The summed E-state index contributed by atoms with van der Waals surface area (Å²) in [6.07, 6.45) is 0.976. The molecule has 1 aliphatic rings. The molecule has 0 bridgehead atoms. The van der Waals surface area contributed by atoms with E-state index >= 15 is 0 Å². The summed E-state index contributed by atoms with van der Waals surface area (Å²) in [4.78, 5) is 11.9. The number of nitrogens with one attached hydrogen (secondary N) is 2.